The molecule has 0 aromatic rings. The molecule has 0 fully saturated rings. The third kappa shape index (κ3) is 5.46. The normalized spacial score (nSPS) is 13.6. The van der Waals surface area contributed by atoms with Crippen LogP contribution in [-0.4, -0.2) is 32.1 Å². The van der Waals surface area contributed by atoms with Crippen LogP contribution < -0.4 is 16.4 Å². The molecular weight excluding hydrogens is 199 g/mol. The summed E-state index contributed by atoms with van der Waals surface area (Å²) >= 11 is 0. The largest absolute Gasteiger partial charge is 0.356 e. The van der Waals surface area contributed by atoms with E-state index in [4.69, 9.17) is 5.73 Å². The molecule has 6 heteroatoms. The summed E-state index contributed by atoms with van der Waals surface area (Å²) in [5.41, 5.74) is 5.31. The Kier molecular flexibility index (Phi) is 10.6. The standard InChI is InChI=1S/C6H14N4.2ClH/c7-2-1-3-8-6-9-4-5-10-6;;/h1-5,7H2,(H2,8,9,10);2*1H. The van der Waals surface area contributed by atoms with E-state index in [-0.39, 0.29) is 24.8 Å². The Morgan fingerprint density at radius 2 is 2.25 bits per heavy atom. The van der Waals surface area contributed by atoms with Crippen molar-refractivity contribution in [2.24, 2.45) is 10.7 Å². The Bertz CT molecular complexity index is 129. The average molecular weight is 215 g/mol. The van der Waals surface area contributed by atoms with Gasteiger partial charge in [-0.1, -0.05) is 0 Å². The molecule has 0 atom stereocenters. The summed E-state index contributed by atoms with van der Waals surface area (Å²) in [4.78, 5) is 4.16. The zero-order valence-electron chi connectivity index (χ0n) is 6.88. The van der Waals surface area contributed by atoms with Crippen molar-refractivity contribution < 1.29 is 0 Å². The van der Waals surface area contributed by atoms with E-state index < -0.39 is 0 Å². The predicted octanol–water partition coefficient (Wildman–Crippen LogP) is -0.272. The molecule has 0 radical (unpaired) electrons. The minimum Gasteiger partial charge on any atom is -0.356 e. The van der Waals surface area contributed by atoms with E-state index in [0.29, 0.717) is 0 Å². The fourth-order valence-electron chi connectivity index (χ4n) is 0.825. The van der Waals surface area contributed by atoms with E-state index in [0.717, 1.165) is 38.6 Å². The predicted molar refractivity (Wildman–Crippen MR) is 56.5 cm³/mol. The van der Waals surface area contributed by atoms with Gasteiger partial charge in [0.2, 0.25) is 0 Å². The molecule has 0 aromatic heterocycles. The number of nitrogens with two attached hydrogens (primary N) is 1. The van der Waals surface area contributed by atoms with Crippen LogP contribution in [0.3, 0.4) is 0 Å². The smallest absolute Gasteiger partial charge is 0.191 e. The van der Waals surface area contributed by atoms with Gasteiger partial charge in [-0.25, -0.2) is 0 Å². The second-order valence-corrected chi connectivity index (χ2v) is 2.23. The molecule has 0 aliphatic carbocycles. The van der Waals surface area contributed by atoms with E-state index in [9.17, 15) is 0 Å². The van der Waals surface area contributed by atoms with E-state index in [2.05, 4.69) is 15.6 Å². The summed E-state index contributed by atoms with van der Waals surface area (Å²) in [7, 11) is 0. The lowest BCUT2D eigenvalue weighted by molar-refractivity contribution is 0.770. The fraction of sp³-hybridized carbons (Fsp3) is 0.833. The molecule has 1 rings (SSSR count). The van der Waals surface area contributed by atoms with E-state index in [1.165, 1.54) is 0 Å². The summed E-state index contributed by atoms with van der Waals surface area (Å²) in [5, 5.41) is 6.25. The second-order valence-electron chi connectivity index (χ2n) is 2.23. The molecule has 0 spiro atoms. The highest BCUT2D eigenvalue weighted by atomic mass is 35.5. The lowest BCUT2D eigenvalue weighted by Crippen LogP contribution is -2.34. The Hall–Kier alpha value is -0.190. The molecule has 74 valence electrons. The maximum Gasteiger partial charge on any atom is 0.191 e. The molecule has 4 nitrogen and oxygen atoms in total. The Morgan fingerprint density at radius 3 is 2.75 bits per heavy atom. The number of aliphatic imine (C=N–C) groups is 1. The summed E-state index contributed by atoms with van der Waals surface area (Å²) in [6.45, 7) is 3.51. The zero-order chi connectivity index (χ0) is 7.23. The third-order valence-corrected chi connectivity index (χ3v) is 1.35. The van der Waals surface area contributed by atoms with Crippen molar-refractivity contribution >= 4 is 30.8 Å². The molecule has 0 saturated carbocycles. The zero-order valence-corrected chi connectivity index (χ0v) is 8.51. The third-order valence-electron chi connectivity index (χ3n) is 1.35. The first-order chi connectivity index (χ1) is 4.93. The van der Waals surface area contributed by atoms with Crippen molar-refractivity contribution in [1.82, 2.24) is 10.6 Å². The van der Waals surface area contributed by atoms with Crippen LogP contribution in [0, 0.1) is 0 Å². The van der Waals surface area contributed by atoms with E-state index in [1.54, 1.807) is 0 Å². The van der Waals surface area contributed by atoms with Gasteiger partial charge in [0.05, 0.1) is 6.54 Å². The van der Waals surface area contributed by atoms with Crippen LogP contribution in [0.2, 0.25) is 0 Å². The van der Waals surface area contributed by atoms with Crippen LogP contribution in [0.1, 0.15) is 6.42 Å². The number of halogens is 2. The Morgan fingerprint density at radius 1 is 1.50 bits per heavy atom. The van der Waals surface area contributed by atoms with Gasteiger partial charge in [0, 0.05) is 13.1 Å². The summed E-state index contributed by atoms with van der Waals surface area (Å²) in [6.07, 6.45) is 1.00. The highest BCUT2D eigenvalue weighted by Crippen LogP contribution is 1.80. The molecule has 0 unspecified atom stereocenters. The van der Waals surface area contributed by atoms with Crippen molar-refractivity contribution in [2.45, 2.75) is 6.42 Å². The number of nitrogens with one attached hydrogen (secondary N) is 2. The van der Waals surface area contributed by atoms with Gasteiger partial charge in [0.15, 0.2) is 5.96 Å². The molecule has 12 heavy (non-hydrogen) atoms. The lowest BCUT2D eigenvalue weighted by atomic mass is 10.4. The van der Waals surface area contributed by atoms with Crippen LogP contribution in [-0.2, 0) is 0 Å². The van der Waals surface area contributed by atoms with Crippen LogP contribution in [0.15, 0.2) is 4.99 Å². The Labute approximate surface area is 85.2 Å². The van der Waals surface area contributed by atoms with Crippen LogP contribution in [0.5, 0.6) is 0 Å². The van der Waals surface area contributed by atoms with Gasteiger partial charge in [-0.05, 0) is 13.0 Å². The van der Waals surface area contributed by atoms with Crippen LogP contribution >= 0.6 is 24.8 Å². The lowest BCUT2D eigenvalue weighted by Gasteiger charge is -2.03. The molecule has 4 N–H and O–H groups in total. The molecule has 0 bridgehead atoms. The number of hydrogen-bond donors (Lipinski definition) is 3. The first-order valence-corrected chi connectivity index (χ1v) is 3.66. The van der Waals surface area contributed by atoms with Gasteiger partial charge in [-0.15, -0.1) is 24.8 Å². The van der Waals surface area contributed by atoms with Gasteiger partial charge in [-0.3, -0.25) is 4.99 Å². The monoisotopic (exact) mass is 214 g/mol. The summed E-state index contributed by atoms with van der Waals surface area (Å²) in [6, 6.07) is 0. The maximum atomic E-state index is 5.31. The number of guanidine groups is 1. The molecule has 0 saturated heterocycles. The fourth-order valence-corrected chi connectivity index (χ4v) is 0.825. The van der Waals surface area contributed by atoms with Crippen LogP contribution in [0.4, 0.5) is 0 Å². The highest BCUT2D eigenvalue weighted by Gasteiger charge is 2.01. The van der Waals surface area contributed by atoms with Gasteiger partial charge >= 0.3 is 0 Å². The van der Waals surface area contributed by atoms with Crippen molar-refractivity contribution in [2.75, 3.05) is 26.2 Å². The van der Waals surface area contributed by atoms with Gasteiger partial charge < -0.3 is 16.4 Å². The minimum atomic E-state index is 0. The molecule has 0 amide bonds. The molecule has 1 aliphatic rings. The SMILES string of the molecule is Cl.Cl.NCCCNC1=NCCN1. The van der Waals surface area contributed by atoms with Gasteiger partial charge in [0.25, 0.3) is 0 Å². The highest BCUT2D eigenvalue weighted by molar-refractivity contribution is 5.85. The first-order valence-electron chi connectivity index (χ1n) is 3.66. The summed E-state index contributed by atoms with van der Waals surface area (Å²) in [5.74, 6) is 0.924. The second kappa shape index (κ2) is 8.90. The average Bonchev–Trinajstić information content (AvgIpc) is 2.41. The number of rotatable bonds is 3. The Balaban J connectivity index is 0. The molecule has 1 heterocycles. The van der Waals surface area contributed by atoms with Crippen molar-refractivity contribution in [3.63, 3.8) is 0 Å². The van der Waals surface area contributed by atoms with E-state index >= 15 is 0 Å². The molecule has 0 aromatic carbocycles. The topological polar surface area (TPSA) is 62.4 Å². The number of hydrogen-bond acceptors (Lipinski definition) is 4. The molecule has 1 aliphatic heterocycles. The number of nitrogens with zero attached hydrogens (tertiary/aromatic N) is 1. The van der Waals surface area contributed by atoms with Crippen LogP contribution in [0.25, 0.3) is 0 Å². The van der Waals surface area contributed by atoms with Gasteiger partial charge in [0.1, 0.15) is 0 Å². The quantitative estimate of drug-likeness (QED) is 0.568. The van der Waals surface area contributed by atoms with Crippen molar-refractivity contribution in [3.05, 3.63) is 0 Å². The summed E-state index contributed by atoms with van der Waals surface area (Å²) < 4.78 is 0. The minimum absolute atomic E-state index is 0. The maximum absolute atomic E-state index is 5.31. The van der Waals surface area contributed by atoms with Gasteiger partial charge in [-0.2, -0.15) is 0 Å². The first kappa shape index (κ1) is 14.3. The molecular formula is C6H16Cl2N4. The van der Waals surface area contributed by atoms with E-state index in [1.807, 2.05) is 0 Å². The van der Waals surface area contributed by atoms with Crippen molar-refractivity contribution in [3.8, 4) is 0 Å². The van der Waals surface area contributed by atoms with Crippen molar-refractivity contribution in [1.29, 1.82) is 0 Å².